The molecule has 14 heavy (non-hydrogen) atoms. The molecule has 0 heterocycles. The summed E-state index contributed by atoms with van der Waals surface area (Å²) in [7, 11) is 0. The van der Waals surface area contributed by atoms with Gasteiger partial charge in [0.2, 0.25) is 0 Å². The number of fused-ring (bicyclic) bond motifs is 2. The lowest BCUT2D eigenvalue weighted by atomic mass is 9.46. The van der Waals surface area contributed by atoms with Crippen LogP contribution in [0.3, 0.4) is 0 Å². The van der Waals surface area contributed by atoms with Crippen LogP contribution in [-0.4, -0.2) is 23.2 Å². The van der Waals surface area contributed by atoms with Gasteiger partial charge < -0.3 is 5.11 Å². The van der Waals surface area contributed by atoms with Gasteiger partial charge in [-0.15, -0.1) is 0 Å². The van der Waals surface area contributed by atoms with Crippen LogP contribution in [0.1, 0.15) is 33.1 Å². The van der Waals surface area contributed by atoms with Gasteiger partial charge in [-0.3, -0.25) is 0 Å². The lowest BCUT2D eigenvalue weighted by Crippen LogP contribution is -2.52. The van der Waals surface area contributed by atoms with Crippen LogP contribution in [0.4, 0.5) is 0 Å². The Balaban J connectivity index is 1.82. The SMILES string of the molecule is CC1(C)[C@H]2CC[C@@H](CSCCO)[C@@H]1C2. The van der Waals surface area contributed by atoms with E-state index in [4.69, 9.17) is 5.11 Å². The molecule has 1 N–H and O–H groups in total. The quantitative estimate of drug-likeness (QED) is 0.726. The topological polar surface area (TPSA) is 20.2 Å². The molecule has 0 aromatic rings. The van der Waals surface area contributed by atoms with Gasteiger partial charge in [-0.05, 0) is 48.2 Å². The van der Waals surface area contributed by atoms with Crippen molar-refractivity contribution in [1.82, 2.24) is 0 Å². The summed E-state index contributed by atoms with van der Waals surface area (Å²) in [5.41, 5.74) is 0.628. The molecule has 3 fully saturated rings. The third-order valence-electron chi connectivity index (χ3n) is 4.57. The fourth-order valence-corrected chi connectivity index (χ4v) is 4.46. The van der Waals surface area contributed by atoms with Gasteiger partial charge in [0.1, 0.15) is 0 Å². The Morgan fingerprint density at radius 3 is 2.71 bits per heavy atom. The molecule has 3 aliphatic rings. The van der Waals surface area contributed by atoms with E-state index < -0.39 is 0 Å². The minimum atomic E-state index is 0.341. The van der Waals surface area contributed by atoms with E-state index in [9.17, 15) is 0 Å². The molecule has 3 atom stereocenters. The summed E-state index contributed by atoms with van der Waals surface area (Å²) in [4.78, 5) is 0. The van der Waals surface area contributed by atoms with Crippen LogP contribution in [0.25, 0.3) is 0 Å². The van der Waals surface area contributed by atoms with E-state index in [0.717, 1.165) is 23.5 Å². The summed E-state index contributed by atoms with van der Waals surface area (Å²) in [6, 6.07) is 0. The van der Waals surface area contributed by atoms with E-state index in [-0.39, 0.29) is 0 Å². The van der Waals surface area contributed by atoms with Crippen LogP contribution in [0.2, 0.25) is 0 Å². The van der Waals surface area contributed by atoms with Gasteiger partial charge in [-0.1, -0.05) is 13.8 Å². The molecule has 0 unspecified atom stereocenters. The highest BCUT2D eigenvalue weighted by atomic mass is 32.2. The zero-order valence-corrected chi connectivity index (χ0v) is 10.1. The molecule has 82 valence electrons. The first kappa shape index (κ1) is 10.8. The summed E-state index contributed by atoms with van der Waals surface area (Å²) in [5.74, 6) is 5.14. The third kappa shape index (κ3) is 1.71. The van der Waals surface area contributed by atoms with Crippen molar-refractivity contribution in [2.75, 3.05) is 18.1 Å². The molecule has 0 saturated heterocycles. The van der Waals surface area contributed by atoms with Gasteiger partial charge in [0, 0.05) is 5.75 Å². The minimum Gasteiger partial charge on any atom is -0.396 e. The zero-order chi connectivity index (χ0) is 10.2. The maximum Gasteiger partial charge on any atom is 0.0521 e. The van der Waals surface area contributed by atoms with Gasteiger partial charge >= 0.3 is 0 Å². The monoisotopic (exact) mass is 214 g/mol. The fourth-order valence-electron chi connectivity index (χ4n) is 3.46. The summed E-state index contributed by atoms with van der Waals surface area (Å²) in [6.07, 6.45) is 4.38. The van der Waals surface area contributed by atoms with Crippen LogP contribution in [-0.2, 0) is 0 Å². The van der Waals surface area contributed by atoms with Crippen molar-refractivity contribution >= 4 is 11.8 Å². The second-order valence-electron chi connectivity index (χ2n) is 5.50. The Hall–Kier alpha value is 0.310. The van der Waals surface area contributed by atoms with E-state index in [2.05, 4.69) is 13.8 Å². The summed E-state index contributed by atoms with van der Waals surface area (Å²) in [6.45, 7) is 5.25. The van der Waals surface area contributed by atoms with Crippen LogP contribution < -0.4 is 0 Å². The lowest BCUT2D eigenvalue weighted by molar-refractivity contribution is -0.0973. The Bertz CT molecular complexity index is 200. The van der Waals surface area contributed by atoms with Crippen molar-refractivity contribution in [3.8, 4) is 0 Å². The maximum atomic E-state index is 8.75. The molecular formula is C12H22OS. The standard InChI is InChI=1S/C12H22OS/c1-12(2)10-4-3-9(11(12)7-10)8-14-6-5-13/h9-11,13H,3-8H2,1-2H3/t9-,10-,11-/m0/s1. The number of hydrogen-bond acceptors (Lipinski definition) is 2. The van der Waals surface area contributed by atoms with Crippen molar-refractivity contribution in [2.24, 2.45) is 23.2 Å². The molecule has 0 aliphatic heterocycles. The normalized spacial score (nSPS) is 39.2. The average molecular weight is 214 g/mol. The molecule has 0 radical (unpaired) electrons. The molecular weight excluding hydrogens is 192 g/mol. The second kappa shape index (κ2) is 4.05. The number of thioether (sulfide) groups is 1. The van der Waals surface area contributed by atoms with E-state index in [0.29, 0.717) is 12.0 Å². The zero-order valence-electron chi connectivity index (χ0n) is 9.33. The molecule has 0 aromatic heterocycles. The molecule has 2 heteroatoms. The Morgan fingerprint density at radius 2 is 2.14 bits per heavy atom. The van der Waals surface area contributed by atoms with Crippen molar-refractivity contribution in [1.29, 1.82) is 0 Å². The number of aliphatic hydroxyl groups excluding tert-OH is 1. The van der Waals surface area contributed by atoms with Gasteiger partial charge in [0.15, 0.2) is 0 Å². The predicted molar refractivity (Wildman–Crippen MR) is 62.5 cm³/mol. The van der Waals surface area contributed by atoms with Crippen molar-refractivity contribution in [2.45, 2.75) is 33.1 Å². The smallest absolute Gasteiger partial charge is 0.0521 e. The van der Waals surface area contributed by atoms with Crippen molar-refractivity contribution in [3.63, 3.8) is 0 Å². The van der Waals surface area contributed by atoms with Crippen LogP contribution in [0, 0.1) is 23.2 Å². The van der Waals surface area contributed by atoms with Gasteiger partial charge in [0.05, 0.1) is 6.61 Å². The predicted octanol–water partition coefficient (Wildman–Crippen LogP) is 2.78. The molecule has 2 bridgehead atoms. The molecule has 0 aromatic carbocycles. The molecule has 3 rings (SSSR count). The Kier molecular flexibility index (Phi) is 3.13. The van der Waals surface area contributed by atoms with Gasteiger partial charge in [-0.2, -0.15) is 11.8 Å². The Labute approximate surface area is 91.7 Å². The summed E-state index contributed by atoms with van der Waals surface area (Å²) < 4.78 is 0. The fraction of sp³-hybridized carbons (Fsp3) is 1.00. The van der Waals surface area contributed by atoms with Crippen LogP contribution in [0.5, 0.6) is 0 Å². The van der Waals surface area contributed by atoms with Crippen molar-refractivity contribution in [3.05, 3.63) is 0 Å². The molecule has 0 spiro atoms. The minimum absolute atomic E-state index is 0.341. The highest BCUT2D eigenvalue weighted by molar-refractivity contribution is 7.99. The maximum absolute atomic E-state index is 8.75. The third-order valence-corrected chi connectivity index (χ3v) is 5.70. The molecule has 3 saturated carbocycles. The van der Waals surface area contributed by atoms with Crippen LogP contribution >= 0.6 is 11.8 Å². The van der Waals surface area contributed by atoms with Crippen LogP contribution in [0.15, 0.2) is 0 Å². The molecule has 3 aliphatic carbocycles. The second-order valence-corrected chi connectivity index (χ2v) is 6.65. The van der Waals surface area contributed by atoms with Gasteiger partial charge in [-0.25, -0.2) is 0 Å². The van der Waals surface area contributed by atoms with E-state index in [1.165, 1.54) is 25.0 Å². The number of aliphatic hydroxyl groups is 1. The molecule has 1 nitrogen and oxygen atoms in total. The van der Waals surface area contributed by atoms with E-state index in [1.54, 1.807) is 0 Å². The van der Waals surface area contributed by atoms with E-state index in [1.807, 2.05) is 11.8 Å². The van der Waals surface area contributed by atoms with Crippen molar-refractivity contribution < 1.29 is 5.11 Å². The largest absolute Gasteiger partial charge is 0.396 e. The number of rotatable bonds is 4. The highest BCUT2D eigenvalue weighted by Crippen LogP contribution is 2.61. The van der Waals surface area contributed by atoms with Gasteiger partial charge in [0.25, 0.3) is 0 Å². The lowest BCUT2D eigenvalue weighted by Gasteiger charge is -2.60. The van der Waals surface area contributed by atoms with E-state index >= 15 is 0 Å². The average Bonchev–Trinajstić information content (AvgIpc) is 2.18. The molecule has 0 amide bonds. The first-order chi connectivity index (χ1) is 6.66. The first-order valence-electron chi connectivity index (χ1n) is 5.85. The highest BCUT2D eigenvalue weighted by Gasteiger charge is 2.53. The first-order valence-corrected chi connectivity index (χ1v) is 7.00. The number of hydrogen-bond donors (Lipinski definition) is 1. The summed E-state index contributed by atoms with van der Waals surface area (Å²) >= 11 is 1.94. The summed E-state index contributed by atoms with van der Waals surface area (Å²) in [5, 5.41) is 8.75. The Morgan fingerprint density at radius 1 is 1.36 bits per heavy atom.